The van der Waals surface area contributed by atoms with Crippen LogP contribution in [-0.4, -0.2) is 12.0 Å². The molecular weight excluding hydrogens is 202 g/mol. The van der Waals surface area contributed by atoms with Crippen molar-refractivity contribution in [3.05, 3.63) is 30.3 Å². The minimum absolute atomic E-state index is 0.0871. The van der Waals surface area contributed by atoms with Crippen LogP contribution in [0.2, 0.25) is 0 Å². The highest BCUT2D eigenvalue weighted by Crippen LogP contribution is 2.17. The van der Waals surface area contributed by atoms with Crippen LogP contribution in [0.3, 0.4) is 0 Å². The fourth-order valence-electron chi connectivity index (χ4n) is 1.47. The normalized spacial score (nSPS) is 10.5. The predicted octanol–water partition coefficient (Wildman–Crippen LogP) is 3.16. The maximum absolute atomic E-state index is 11.5. The highest BCUT2D eigenvalue weighted by molar-refractivity contribution is 5.89. The zero-order valence-electron chi connectivity index (χ0n) is 10.1. The number of nitrogens with zero attached hydrogens (tertiary/aromatic N) is 1. The summed E-state index contributed by atoms with van der Waals surface area (Å²) in [6.45, 7) is 5.62. The van der Waals surface area contributed by atoms with Crippen LogP contribution in [0.1, 0.15) is 33.6 Å². The number of amides is 1. The summed E-state index contributed by atoms with van der Waals surface area (Å²) in [7, 11) is 0. The van der Waals surface area contributed by atoms with Crippen LogP contribution in [0, 0.1) is 0 Å². The molecule has 0 bridgehead atoms. The van der Waals surface area contributed by atoms with Gasteiger partial charge in [-0.15, -0.1) is 0 Å². The summed E-state index contributed by atoms with van der Waals surface area (Å²) in [4.78, 5) is 17.2. The number of hydrogen-bond acceptors (Lipinski definition) is 2. The number of rotatable bonds is 5. The molecule has 0 aromatic heterocycles. The van der Waals surface area contributed by atoms with Gasteiger partial charge in [0.1, 0.15) is 0 Å². The molecule has 0 fully saturated rings. The molecule has 3 heteroatoms. The van der Waals surface area contributed by atoms with Crippen LogP contribution in [0.25, 0.3) is 0 Å². The van der Waals surface area contributed by atoms with Gasteiger partial charge in [0.25, 0.3) is 0 Å². The van der Waals surface area contributed by atoms with Crippen LogP contribution in [-0.2, 0) is 9.63 Å². The number of benzene rings is 1. The Hall–Kier alpha value is -1.35. The van der Waals surface area contributed by atoms with Crippen molar-refractivity contribution in [2.75, 3.05) is 5.06 Å². The van der Waals surface area contributed by atoms with Gasteiger partial charge in [0.05, 0.1) is 11.8 Å². The minimum atomic E-state index is -0.0990. The van der Waals surface area contributed by atoms with Crippen molar-refractivity contribution in [1.29, 1.82) is 0 Å². The fourth-order valence-corrected chi connectivity index (χ4v) is 1.47. The summed E-state index contributed by atoms with van der Waals surface area (Å²) in [6.07, 6.45) is 1.88. The largest absolute Gasteiger partial charge is 0.273 e. The number of carbonyl (C=O) groups is 1. The van der Waals surface area contributed by atoms with Gasteiger partial charge in [0.15, 0.2) is 0 Å². The second-order valence-corrected chi connectivity index (χ2v) is 3.69. The maximum Gasteiger partial charge on any atom is 0.247 e. The van der Waals surface area contributed by atoms with Gasteiger partial charge in [-0.3, -0.25) is 9.63 Å². The van der Waals surface area contributed by atoms with E-state index in [1.807, 2.05) is 30.3 Å². The molecule has 0 N–H and O–H groups in total. The van der Waals surface area contributed by atoms with Crippen LogP contribution in [0.15, 0.2) is 30.3 Å². The van der Waals surface area contributed by atoms with Crippen molar-refractivity contribution in [3.63, 3.8) is 0 Å². The minimum Gasteiger partial charge on any atom is -0.273 e. The zero-order chi connectivity index (χ0) is 12.0. The lowest BCUT2D eigenvalue weighted by atomic mass is 10.2. The lowest BCUT2D eigenvalue weighted by Crippen LogP contribution is -2.33. The molecule has 0 saturated carbocycles. The second-order valence-electron chi connectivity index (χ2n) is 3.69. The average Bonchev–Trinajstić information content (AvgIpc) is 2.31. The van der Waals surface area contributed by atoms with Crippen LogP contribution < -0.4 is 5.06 Å². The molecule has 0 aliphatic carbocycles. The molecule has 16 heavy (non-hydrogen) atoms. The Labute approximate surface area is 97.0 Å². The third kappa shape index (κ3) is 3.35. The van der Waals surface area contributed by atoms with E-state index in [1.165, 1.54) is 12.0 Å². The first kappa shape index (κ1) is 12.7. The average molecular weight is 221 g/mol. The first-order chi connectivity index (χ1) is 7.69. The third-order valence-electron chi connectivity index (χ3n) is 2.44. The predicted molar refractivity (Wildman–Crippen MR) is 65.1 cm³/mol. The van der Waals surface area contributed by atoms with Crippen molar-refractivity contribution >= 4 is 11.6 Å². The molecule has 0 spiro atoms. The van der Waals surface area contributed by atoms with Crippen molar-refractivity contribution in [1.82, 2.24) is 0 Å². The second kappa shape index (κ2) is 6.28. The SMILES string of the molecule is CCC(CC)ON(C(C)=O)c1ccccc1. The van der Waals surface area contributed by atoms with Crippen LogP contribution in [0.5, 0.6) is 0 Å². The van der Waals surface area contributed by atoms with Gasteiger partial charge in [-0.1, -0.05) is 32.0 Å². The molecule has 0 saturated heterocycles. The molecule has 0 unspecified atom stereocenters. The lowest BCUT2D eigenvalue weighted by molar-refractivity contribution is -0.126. The Morgan fingerprint density at radius 2 is 1.81 bits per heavy atom. The first-order valence-electron chi connectivity index (χ1n) is 5.71. The zero-order valence-corrected chi connectivity index (χ0v) is 10.1. The Morgan fingerprint density at radius 3 is 2.25 bits per heavy atom. The Morgan fingerprint density at radius 1 is 1.25 bits per heavy atom. The van der Waals surface area contributed by atoms with Gasteiger partial charge in [0.2, 0.25) is 5.91 Å². The summed E-state index contributed by atoms with van der Waals surface area (Å²) in [6, 6.07) is 9.43. The van der Waals surface area contributed by atoms with Crippen LogP contribution in [0.4, 0.5) is 5.69 Å². The first-order valence-corrected chi connectivity index (χ1v) is 5.71. The Kier molecular flexibility index (Phi) is 4.99. The van der Waals surface area contributed by atoms with Crippen molar-refractivity contribution < 1.29 is 9.63 Å². The summed E-state index contributed by atoms with van der Waals surface area (Å²) in [5, 5.41) is 1.37. The molecule has 1 amide bonds. The van der Waals surface area contributed by atoms with E-state index in [9.17, 15) is 4.79 Å². The number of para-hydroxylation sites is 1. The van der Waals surface area contributed by atoms with E-state index in [4.69, 9.17) is 4.84 Å². The van der Waals surface area contributed by atoms with Crippen molar-refractivity contribution in [2.24, 2.45) is 0 Å². The summed E-state index contributed by atoms with van der Waals surface area (Å²) < 4.78 is 0. The topological polar surface area (TPSA) is 29.5 Å². The highest BCUT2D eigenvalue weighted by atomic mass is 16.7. The molecule has 1 rings (SSSR count). The molecule has 3 nitrogen and oxygen atoms in total. The molecule has 0 heterocycles. The van der Waals surface area contributed by atoms with Gasteiger partial charge < -0.3 is 0 Å². The quantitative estimate of drug-likeness (QED) is 0.715. The number of hydrogen-bond donors (Lipinski definition) is 0. The molecule has 0 aliphatic rings. The molecule has 0 radical (unpaired) electrons. The van der Waals surface area contributed by atoms with E-state index in [1.54, 1.807) is 0 Å². The summed E-state index contributed by atoms with van der Waals surface area (Å²) in [5.74, 6) is -0.0990. The summed E-state index contributed by atoms with van der Waals surface area (Å²) >= 11 is 0. The molecule has 1 aromatic carbocycles. The van der Waals surface area contributed by atoms with E-state index >= 15 is 0 Å². The summed E-state index contributed by atoms with van der Waals surface area (Å²) in [5.41, 5.74) is 0.780. The Balaban J connectivity index is 2.80. The van der Waals surface area contributed by atoms with Gasteiger partial charge in [0, 0.05) is 6.92 Å². The fraction of sp³-hybridized carbons (Fsp3) is 0.462. The van der Waals surface area contributed by atoms with E-state index in [0.29, 0.717) is 0 Å². The molecule has 1 aromatic rings. The van der Waals surface area contributed by atoms with E-state index < -0.39 is 0 Å². The molecule has 88 valence electrons. The third-order valence-corrected chi connectivity index (χ3v) is 2.44. The molecule has 0 atom stereocenters. The van der Waals surface area contributed by atoms with Crippen LogP contribution >= 0.6 is 0 Å². The Bertz CT molecular complexity index is 320. The number of anilines is 1. The number of carbonyl (C=O) groups excluding carboxylic acids is 1. The molecular formula is C13H19NO2. The monoisotopic (exact) mass is 221 g/mol. The lowest BCUT2D eigenvalue weighted by Gasteiger charge is -2.25. The molecule has 0 aliphatic heterocycles. The van der Waals surface area contributed by atoms with Crippen molar-refractivity contribution in [2.45, 2.75) is 39.7 Å². The smallest absolute Gasteiger partial charge is 0.247 e. The van der Waals surface area contributed by atoms with E-state index in [-0.39, 0.29) is 12.0 Å². The van der Waals surface area contributed by atoms with Gasteiger partial charge in [-0.05, 0) is 25.0 Å². The van der Waals surface area contributed by atoms with Gasteiger partial charge >= 0.3 is 0 Å². The standard InChI is InChI=1S/C13H19NO2/c1-4-13(5-2)16-14(11(3)15)12-9-7-6-8-10-12/h6-10,13H,4-5H2,1-3H3. The van der Waals surface area contributed by atoms with Gasteiger partial charge in [-0.25, -0.2) is 0 Å². The highest BCUT2D eigenvalue weighted by Gasteiger charge is 2.16. The maximum atomic E-state index is 11.5. The van der Waals surface area contributed by atoms with Gasteiger partial charge in [-0.2, -0.15) is 5.06 Å². The van der Waals surface area contributed by atoms with E-state index in [2.05, 4.69) is 13.8 Å². The van der Waals surface area contributed by atoms with E-state index in [0.717, 1.165) is 18.5 Å². The van der Waals surface area contributed by atoms with Crippen molar-refractivity contribution in [3.8, 4) is 0 Å². The number of hydroxylamine groups is 1.